The lowest BCUT2D eigenvalue weighted by atomic mass is 10.1. The fourth-order valence-electron chi connectivity index (χ4n) is 2.81. The topological polar surface area (TPSA) is 84.5 Å². The van der Waals surface area contributed by atoms with Gasteiger partial charge in [-0.2, -0.15) is 0 Å². The molecule has 30 heavy (non-hydrogen) atoms. The third-order valence-electron chi connectivity index (χ3n) is 4.44. The lowest BCUT2D eigenvalue weighted by Crippen LogP contribution is -2.28. The summed E-state index contributed by atoms with van der Waals surface area (Å²) in [6.07, 6.45) is 0. The Balaban J connectivity index is 1.66. The Morgan fingerprint density at radius 1 is 0.933 bits per heavy atom. The normalized spacial score (nSPS) is 11.0. The molecule has 0 fully saturated rings. The number of carbonyl (C=O) groups is 1. The number of para-hydroxylation sites is 1. The summed E-state index contributed by atoms with van der Waals surface area (Å²) in [5.41, 5.74) is 2.32. The van der Waals surface area contributed by atoms with Gasteiger partial charge in [-0.15, -0.1) is 0 Å². The number of anilines is 1. The molecule has 156 valence electrons. The van der Waals surface area contributed by atoms with Gasteiger partial charge < -0.3 is 10.1 Å². The molecule has 0 aliphatic carbocycles. The first kappa shape index (κ1) is 21.4. The zero-order chi connectivity index (χ0) is 21.6. The fourth-order valence-corrected chi connectivity index (χ4v) is 4.15. The van der Waals surface area contributed by atoms with Gasteiger partial charge in [-0.05, 0) is 55.8 Å². The van der Waals surface area contributed by atoms with Crippen LogP contribution >= 0.6 is 0 Å². The van der Waals surface area contributed by atoms with Gasteiger partial charge in [0.2, 0.25) is 0 Å². The maximum atomic E-state index is 12.8. The van der Waals surface area contributed by atoms with Crippen molar-refractivity contribution in [2.75, 3.05) is 17.9 Å². The predicted molar refractivity (Wildman–Crippen MR) is 117 cm³/mol. The van der Waals surface area contributed by atoms with Crippen molar-refractivity contribution in [3.05, 3.63) is 89.5 Å². The fraction of sp³-hybridized carbons (Fsp3) is 0.174. The van der Waals surface area contributed by atoms with Gasteiger partial charge >= 0.3 is 0 Å². The molecule has 0 atom stereocenters. The molecule has 3 rings (SSSR count). The molecule has 0 saturated carbocycles. The largest absolute Gasteiger partial charge is 0.492 e. The molecule has 0 aliphatic rings. The van der Waals surface area contributed by atoms with Gasteiger partial charge in [0.05, 0.1) is 11.4 Å². The van der Waals surface area contributed by atoms with Crippen molar-refractivity contribution >= 4 is 21.6 Å². The molecule has 0 saturated heterocycles. The zero-order valence-corrected chi connectivity index (χ0v) is 17.7. The average Bonchev–Trinajstić information content (AvgIpc) is 2.73. The maximum Gasteiger partial charge on any atom is 0.262 e. The summed E-state index contributed by atoms with van der Waals surface area (Å²) in [5.74, 6) is 0.357. The Labute approximate surface area is 177 Å². The number of rotatable bonds is 8. The minimum atomic E-state index is -3.83. The lowest BCUT2D eigenvalue weighted by Gasteiger charge is -2.13. The van der Waals surface area contributed by atoms with Gasteiger partial charge in [-0.25, -0.2) is 8.42 Å². The Morgan fingerprint density at radius 2 is 1.63 bits per heavy atom. The first-order chi connectivity index (χ1) is 14.3. The van der Waals surface area contributed by atoms with Crippen LogP contribution < -0.4 is 14.8 Å². The van der Waals surface area contributed by atoms with Gasteiger partial charge in [0.25, 0.3) is 15.9 Å². The maximum absolute atomic E-state index is 12.8. The van der Waals surface area contributed by atoms with E-state index in [1.165, 1.54) is 6.07 Å². The van der Waals surface area contributed by atoms with Gasteiger partial charge in [-0.1, -0.05) is 42.0 Å². The quantitative estimate of drug-likeness (QED) is 0.537. The van der Waals surface area contributed by atoms with E-state index in [0.717, 1.165) is 11.3 Å². The minimum Gasteiger partial charge on any atom is -0.492 e. The molecule has 0 bridgehead atoms. The molecular formula is C23H24N2O4S. The summed E-state index contributed by atoms with van der Waals surface area (Å²) in [4.78, 5) is 12.5. The van der Waals surface area contributed by atoms with Crippen molar-refractivity contribution in [1.29, 1.82) is 0 Å². The van der Waals surface area contributed by atoms with E-state index in [1.54, 1.807) is 31.2 Å². The molecule has 6 nitrogen and oxygen atoms in total. The molecule has 0 aliphatic heterocycles. The Bertz CT molecular complexity index is 1110. The van der Waals surface area contributed by atoms with Crippen LogP contribution in [-0.4, -0.2) is 27.5 Å². The van der Waals surface area contributed by atoms with E-state index >= 15 is 0 Å². The third kappa shape index (κ3) is 5.61. The van der Waals surface area contributed by atoms with E-state index in [9.17, 15) is 13.2 Å². The molecule has 2 N–H and O–H groups in total. The van der Waals surface area contributed by atoms with E-state index in [1.807, 2.05) is 49.4 Å². The Morgan fingerprint density at radius 3 is 2.33 bits per heavy atom. The molecule has 0 heterocycles. The summed E-state index contributed by atoms with van der Waals surface area (Å²) in [6, 6.07) is 21.0. The van der Waals surface area contributed by atoms with Crippen molar-refractivity contribution in [3.8, 4) is 5.75 Å². The standard InChI is InChI=1S/C23H24N2O4S/c1-17-8-12-20(13-9-17)25-30(27,28)22-16-19(11-10-18(22)2)23(26)24-14-15-29-21-6-4-3-5-7-21/h3-13,16,25H,14-15H2,1-2H3,(H,24,26). The average molecular weight is 425 g/mol. The molecule has 0 unspecified atom stereocenters. The first-order valence-electron chi connectivity index (χ1n) is 9.51. The van der Waals surface area contributed by atoms with Crippen LogP contribution in [0.3, 0.4) is 0 Å². The Kier molecular flexibility index (Phi) is 6.74. The number of hydrogen-bond donors (Lipinski definition) is 2. The molecule has 0 radical (unpaired) electrons. The molecule has 3 aromatic carbocycles. The lowest BCUT2D eigenvalue weighted by molar-refractivity contribution is 0.0947. The highest BCUT2D eigenvalue weighted by Gasteiger charge is 2.19. The van der Waals surface area contributed by atoms with Crippen LogP contribution in [0.25, 0.3) is 0 Å². The van der Waals surface area contributed by atoms with Crippen molar-refractivity contribution in [2.45, 2.75) is 18.7 Å². The minimum absolute atomic E-state index is 0.0660. The number of amides is 1. The van der Waals surface area contributed by atoms with Crippen LogP contribution in [0.1, 0.15) is 21.5 Å². The van der Waals surface area contributed by atoms with E-state index in [0.29, 0.717) is 24.4 Å². The van der Waals surface area contributed by atoms with Crippen LogP contribution in [0.2, 0.25) is 0 Å². The molecule has 0 spiro atoms. The van der Waals surface area contributed by atoms with Crippen LogP contribution in [0.5, 0.6) is 5.75 Å². The van der Waals surface area contributed by atoms with E-state index in [-0.39, 0.29) is 16.4 Å². The van der Waals surface area contributed by atoms with Crippen molar-refractivity contribution in [1.82, 2.24) is 5.32 Å². The molecular weight excluding hydrogens is 400 g/mol. The zero-order valence-electron chi connectivity index (χ0n) is 16.9. The summed E-state index contributed by atoms with van der Waals surface area (Å²) in [6.45, 7) is 4.22. The van der Waals surface area contributed by atoms with Crippen molar-refractivity contribution < 1.29 is 17.9 Å². The van der Waals surface area contributed by atoms with Gasteiger partial charge in [-0.3, -0.25) is 9.52 Å². The van der Waals surface area contributed by atoms with Gasteiger partial charge in [0.1, 0.15) is 12.4 Å². The highest BCUT2D eigenvalue weighted by molar-refractivity contribution is 7.92. The van der Waals surface area contributed by atoms with Gasteiger partial charge in [0, 0.05) is 11.3 Å². The number of hydrogen-bond acceptors (Lipinski definition) is 4. The van der Waals surface area contributed by atoms with E-state index in [4.69, 9.17) is 4.74 Å². The molecule has 0 aromatic heterocycles. The summed E-state index contributed by atoms with van der Waals surface area (Å²) in [7, 11) is -3.83. The SMILES string of the molecule is Cc1ccc(NS(=O)(=O)c2cc(C(=O)NCCOc3ccccc3)ccc2C)cc1. The number of benzene rings is 3. The summed E-state index contributed by atoms with van der Waals surface area (Å²) in [5, 5.41) is 2.74. The summed E-state index contributed by atoms with van der Waals surface area (Å²) < 4.78 is 33.8. The van der Waals surface area contributed by atoms with Gasteiger partial charge in [0.15, 0.2) is 0 Å². The number of carbonyl (C=O) groups excluding carboxylic acids is 1. The van der Waals surface area contributed by atoms with Crippen molar-refractivity contribution in [3.63, 3.8) is 0 Å². The molecule has 3 aromatic rings. The van der Waals surface area contributed by atoms with E-state index in [2.05, 4.69) is 10.0 Å². The number of nitrogens with one attached hydrogen (secondary N) is 2. The highest BCUT2D eigenvalue weighted by Crippen LogP contribution is 2.21. The van der Waals surface area contributed by atoms with E-state index < -0.39 is 10.0 Å². The second-order valence-electron chi connectivity index (χ2n) is 6.87. The first-order valence-corrected chi connectivity index (χ1v) is 11.0. The second-order valence-corrected chi connectivity index (χ2v) is 8.52. The van der Waals surface area contributed by atoms with Crippen LogP contribution in [-0.2, 0) is 10.0 Å². The predicted octanol–water partition coefficient (Wildman–Crippen LogP) is 3.91. The van der Waals surface area contributed by atoms with Crippen LogP contribution in [0, 0.1) is 13.8 Å². The summed E-state index contributed by atoms with van der Waals surface area (Å²) >= 11 is 0. The molecule has 7 heteroatoms. The van der Waals surface area contributed by atoms with Crippen molar-refractivity contribution in [2.24, 2.45) is 0 Å². The monoisotopic (exact) mass is 424 g/mol. The third-order valence-corrected chi connectivity index (χ3v) is 5.97. The Hall–Kier alpha value is -3.32. The number of sulfonamides is 1. The second kappa shape index (κ2) is 9.45. The number of aryl methyl sites for hydroxylation is 2. The smallest absolute Gasteiger partial charge is 0.262 e. The molecule has 1 amide bonds. The number of ether oxygens (including phenoxy) is 1. The van der Waals surface area contributed by atoms with Crippen LogP contribution in [0.15, 0.2) is 77.7 Å². The van der Waals surface area contributed by atoms with Crippen LogP contribution in [0.4, 0.5) is 5.69 Å². The highest BCUT2D eigenvalue weighted by atomic mass is 32.2.